The molecule has 0 unspecified atom stereocenters. The number of aromatic carboxylic acids is 1. The number of imidazole rings is 1. The third-order valence-corrected chi connectivity index (χ3v) is 4.93. The van der Waals surface area contributed by atoms with Crippen LogP contribution in [0.2, 0.25) is 0 Å². The maximum Gasteiger partial charge on any atom is 0.355 e. The van der Waals surface area contributed by atoms with Crippen LogP contribution in [0.1, 0.15) is 53.9 Å². The van der Waals surface area contributed by atoms with Crippen LogP contribution < -0.4 is 0 Å². The van der Waals surface area contributed by atoms with Gasteiger partial charge in [-0.25, -0.2) is 14.8 Å². The largest absolute Gasteiger partial charge is 0.476 e. The van der Waals surface area contributed by atoms with Crippen molar-refractivity contribution >= 4 is 28.3 Å². The van der Waals surface area contributed by atoms with Crippen LogP contribution in [0.3, 0.4) is 0 Å². The minimum absolute atomic E-state index is 0.110. The van der Waals surface area contributed by atoms with Gasteiger partial charge in [-0.2, -0.15) is 0 Å². The van der Waals surface area contributed by atoms with E-state index in [0.717, 1.165) is 34.7 Å². The summed E-state index contributed by atoms with van der Waals surface area (Å²) < 4.78 is 2.18. The number of hydrogen-bond donors (Lipinski definition) is 1. The summed E-state index contributed by atoms with van der Waals surface area (Å²) in [7, 11) is 0. The van der Waals surface area contributed by atoms with Gasteiger partial charge in [-0.05, 0) is 25.0 Å². The summed E-state index contributed by atoms with van der Waals surface area (Å²) >= 11 is 1.38. The molecule has 0 saturated heterocycles. The topological polar surface area (TPSA) is 68.0 Å². The normalized spacial score (nSPS) is 11.4. The van der Waals surface area contributed by atoms with E-state index in [-0.39, 0.29) is 5.69 Å². The van der Waals surface area contributed by atoms with Crippen molar-refractivity contribution in [2.24, 2.45) is 0 Å². The third kappa shape index (κ3) is 2.99. The van der Waals surface area contributed by atoms with Gasteiger partial charge in [-0.1, -0.05) is 26.0 Å². The number of carbonyl (C=O) groups is 1. The summed E-state index contributed by atoms with van der Waals surface area (Å²) in [5.41, 5.74) is 2.16. The number of benzene rings is 1. The second kappa shape index (κ2) is 6.50. The number of carboxylic acid groups (broad SMARTS) is 1. The van der Waals surface area contributed by atoms with Crippen molar-refractivity contribution in [2.75, 3.05) is 0 Å². The molecule has 120 valence electrons. The molecule has 6 heteroatoms. The smallest absolute Gasteiger partial charge is 0.355 e. The lowest BCUT2D eigenvalue weighted by Crippen LogP contribution is -2.09. The van der Waals surface area contributed by atoms with Gasteiger partial charge in [0.2, 0.25) is 0 Å². The summed E-state index contributed by atoms with van der Waals surface area (Å²) in [4.78, 5) is 20.1. The molecular weight excluding hydrogens is 310 g/mol. The molecule has 2 aromatic heterocycles. The van der Waals surface area contributed by atoms with E-state index in [9.17, 15) is 4.79 Å². The van der Waals surface area contributed by atoms with Gasteiger partial charge in [-0.3, -0.25) is 0 Å². The molecule has 1 N–H and O–H groups in total. The zero-order valence-corrected chi connectivity index (χ0v) is 14.0. The van der Waals surface area contributed by atoms with Crippen LogP contribution in [0.25, 0.3) is 11.0 Å². The molecular formula is C17H19N3O2S. The molecule has 1 aromatic carbocycles. The fourth-order valence-corrected chi connectivity index (χ4v) is 3.60. The van der Waals surface area contributed by atoms with Gasteiger partial charge in [-0.15, -0.1) is 11.3 Å². The fraction of sp³-hybridized carbons (Fsp3) is 0.353. The van der Waals surface area contributed by atoms with Crippen molar-refractivity contribution in [3.05, 3.63) is 46.2 Å². The molecule has 0 aliphatic carbocycles. The Morgan fingerprint density at radius 1 is 1.26 bits per heavy atom. The zero-order chi connectivity index (χ0) is 16.4. The van der Waals surface area contributed by atoms with Gasteiger partial charge in [0.05, 0.1) is 17.6 Å². The van der Waals surface area contributed by atoms with Gasteiger partial charge in [0.1, 0.15) is 10.8 Å². The highest BCUT2D eigenvalue weighted by atomic mass is 32.1. The summed E-state index contributed by atoms with van der Waals surface area (Å²) in [6, 6.07) is 8.06. The number of rotatable bonds is 6. The molecule has 0 bridgehead atoms. The van der Waals surface area contributed by atoms with Gasteiger partial charge in [0.25, 0.3) is 0 Å². The molecule has 0 saturated carbocycles. The maximum atomic E-state index is 11.0. The van der Waals surface area contributed by atoms with Crippen LogP contribution in [-0.4, -0.2) is 25.6 Å². The highest BCUT2D eigenvalue weighted by Crippen LogP contribution is 2.28. The first-order valence-corrected chi connectivity index (χ1v) is 8.64. The molecule has 5 nitrogen and oxygen atoms in total. The summed E-state index contributed by atoms with van der Waals surface area (Å²) in [5.74, 6) is 0.466. The molecule has 23 heavy (non-hydrogen) atoms. The van der Waals surface area contributed by atoms with Crippen molar-refractivity contribution in [2.45, 2.75) is 39.2 Å². The molecule has 2 heterocycles. The van der Waals surface area contributed by atoms with E-state index in [0.29, 0.717) is 12.5 Å². The van der Waals surface area contributed by atoms with Crippen molar-refractivity contribution in [3.8, 4) is 0 Å². The molecule has 0 radical (unpaired) electrons. The first kappa shape index (κ1) is 15.7. The maximum absolute atomic E-state index is 11.0. The number of para-hydroxylation sites is 2. The van der Waals surface area contributed by atoms with Crippen LogP contribution in [0, 0.1) is 0 Å². The van der Waals surface area contributed by atoms with Crippen LogP contribution in [0.5, 0.6) is 0 Å². The van der Waals surface area contributed by atoms with E-state index < -0.39 is 5.97 Å². The Morgan fingerprint density at radius 3 is 2.65 bits per heavy atom. The molecule has 0 aliphatic heterocycles. The Labute approximate surface area is 138 Å². The van der Waals surface area contributed by atoms with Crippen LogP contribution in [0.4, 0.5) is 0 Å². The van der Waals surface area contributed by atoms with Gasteiger partial charge >= 0.3 is 5.97 Å². The molecule has 3 aromatic rings. The Kier molecular flexibility index (Phi) is 4.43. The summed E-state index contributed by atoms with van der Waals surface area (Å²) in [6.07, 6.45) is 2.05. The lowest BCUT2D eigenvalue weighted by Gasteiger charge is -2.14. The Balaban J connectivity index is 2.06. The van der Waals surface area contributed by atoms with Gasteiger partial charge < -0.3 is 9.67 Å². The average molecular weight is 329 g/mol. The standard InChI is InChI=1S/C17H19N3O2S/c1-3-11(4-2)16-19-12-7-5-6-8-14(12)20(16)9-15-18-13(10-23-15)17(21)22/h5-8,10-11H,3-4,9H2,1-2H3,(H,21,22). The van der Waals surface area contributed by atoms with E-state index >= 15 is 0 Å². The number of nitrogens with zero attached hydrogens (tertiary/aromatic N) is 3. The predicted molar refractivity (Wildman–Crippen MR) is 91.2 cm³/mol. The molecule has 0 spiro atoms. The first-order valence-electron chi connectivity index (χ1n) is 7.76. The fourth-order valence-electron chi connectivity index (χ4n) is 2.84. The quantitative estimate of drug-likeness (QED) is 0.738. The number of aromatic nitrogens is 3. The summed E-state index contributed by atoms with van der Waals surface area (Å²) in [6.45, 7) is 4.90. The highest BCUT2D eigenvalue weighted by molar-refractivity contribution is 7.09. The van der Waals surface area contributed by atoms with E-state index in [1.54, 1.807) is 5.38 Å². The van der Waals surface area contributed by atoms with E-state index in [1.807, 2.05) is 18.2 Å². The van der Waals surface area contributed by atoms with E-state index in [1.165, 1.54) is 11.3 Å². The number of thiazole rings is 1. The molecule has 3 rings (SSSR count). The molecule has 0 aliphatic rings. The molecule has 0 atom stereocenters. The second-order valence-corrected chi connectivity index (χ2v) is 6.43. The number of hydrogen-bond acceptors (Lipinski definition) is 4. The highest BCUT2D eigenvalue weighted by Gasteiger charge is 2.19. The first-order chi connectivity index (χ1) is 11.1. The molecule has 0 fully saturated rings. The van der Waals surface area contributed by atoms with Crippen LogP contribution >= 0.6 is 11.3 Å². The second-order valence-electron chi connectivity index (χ2n) is 5.49. The lowest BCUT2D eigenvalue weighted by molar-refractivity contribution is 0.0691. The van der Waals surface area contributed by atoms with Crippen LogP contribution in [0.15, 0.2) is 29.6 Å². The lowest BCUT2D eigenvalue weighted by atomic mass is 10.0. The third-order valence-electron chi connectivity index (χ3n) is 4.10. The summed E-state index contributed by atoms with van der Waals surface area (Å²) in [5, 5.41) is 11.4. The zero-order valence-electron chi connectivity index (χ0n) is 13.2. The Morgan fingerprint density at radius 2 is 2.00 bits per heavy atom. The van der Waals surface area contributed by atoms with E-state index in [2.05, 4.69) is 29.5 Å². The van der Waals surface area contributed by atoms with Crippen molar-refractivity contribution in [1.82, 2.24) is 14.5 Å². The Hall–Kier alpha value is -2.21. The number of fused-ring (bicyclic) bond motifs is 1. The van der Waals surface area contributed by atoms with E-state index in [4.69, 9.17) is 10.1 Å². The minimum Gasteiger partial charge on any atom is -0.476 e. The monoisotopic (exact) mass is 329 g/mol. The number of carboxylic acids is 1. The predicted octanol–water partition coefficient (Wildman–Crippen LogP) is 4.14. The van der Waals surface area contributed by atoms with Crippen molar-refractivity contribution < 1.29 is 9.90 Å². The Bertz CT molecular complexity index is 833. The van der Waals surface area contributed by atoms with Crippen molar-refractivity contribution in [1.29, 1.82) is 0 Å². The van der Waals surface area contributed by atoms with Gasteiger partial charge in [0.15, 0.2) is 5.69 Å². The van der Waals surface area contributed by atoms with Gasteiger partial charge in [0, 0.05) is 11.3 Å². The SMILES string of the molecule is CCC(CC)c1nc2ccccc2n1Cc1nc(C(=O)O)cs1. The average Bonchev–Trinajstić information content (AvgIpc) is 3.15. The molecule has 0 amide bonds. The minimum atomic E-state index is -0.983. The van der Waals surface area contributed by atoms with Crippen LogP contribution in [-0.2, 0) is 6.54 Å². The van der Waals surface area contributed by atoms with Crippen molar-refractivity contribution in [3.63, 3.8) is 0 Å².